The molecule has 0 saturated carbocycles. The van der Waals surface area contributed by atoms with Gasteiger partial charge in [-0.1, -0.05) is 127 Å². The molecule has 0 saturated heterocycles. The molecule has 0 atom stereocenters. The topological polar surface area (TPSA) is 23.0 Å². The van der Waals surface area contributed by atoms with Crippen LogP contribution in [0.25, 0.3) is 120 Å². The molecule has 13 rings (SSSR count). The fraction of sp³-hybridized carbons (Fsp3) is 0. The van der Waals surface area contributed by atoms with E-state index in [0.717, 1.165) is 44.2 Å². The third-order valence-corrected chi connectivity index (χ3v) is 12.1. The van der Waals surface area contributed by atoms with Gasteiger partial charge in [0.25, 0.3) is 0 Å². The van der Waals surface area contributed by atoms with Crippen LogP contribution < -0.4 is 0 Å². The Morgan fingerprint density at radius 1 is 0.327 bits per heavy atom. The Morgan fingerprint density at radius 2 is 0.891 bits per heavy atom. The lowest BCUT2D eigenvalue weighted by Gasteiger charge is -2.14. The number of nitrogens with zero attached hydrogens (tertiary/aromatic N) is 2. The molecule has 3 aromatic heterocycles. The summed E-state index contributed by atoms with van der Waals surface area (Å²) in [6.45, 7) is 0. The van der Waals surface area contributed by atoms with Crippen LogP contribution in [0.3, 0.4) is 0 Å². The molecular formula is C52H30N2O. The van der Waals surface area contributed by atoms with Crippen molar-refractivity contribution in [2.75, 3.05) is 0 Å². The van der Waals surface area contributed by atoms with E-state index in [2.05, 4.69) is 191 Å². The minimum atomic E-state index is 0.908. The Hall–Kier alpha value is -7.36. The summed E-state index contributed by atoms with van der Waals surface area (Å²) in [4.78, 5) is 0. The fourth-order valence-electron chi connectivity index (χ4n) is 9.79. The number of hydrogen-bond acceptors (Lipinski definition) is 1. The average molecular weight is 699 g/mol. The molecule has 13 aromatic rings. The molecule has 0 N–H and O–H groups in total. The van der Waals surface area contributed by atoms with Crippen molar-refractivity contribution in [2.24, 2.45) is 0 Å². The van der Waals surface area contributed by atoms with Gasteiger partial charge in [-0.3, -0.25) is 0 Å². The van der Waals surface area contributed by atoms with E-state index in [9.17, 15) is 0 Å². The molecule has 0 spiro atoms. The second kappa shape index (κ2) is 10.6. The van der Waals surface area contributed by atoms with E-state index in [-0.39, 0.29) is 0 Å². The molecule has 0 bridgehead atoms. The standard InChI is InChI=1S/C52H30N2O/c1-2-14-33-31(12-1)13-11-22-44(33)54-47-28-26-40-39-19-8-10-23-48(39)55-52(40)50(47)42-27-29-46-49(51(42)54)41-20-7-9-21-45(41)53(46)32-24-25-38-36-17-4-3-15-34(36)35-16-5-6-18-37(35)43(38)30-32/h1-30H. The summed E-state index contributed by atoms with van der Waals surface area (Å²) in [5.74, 6) is 0. The molecule has 0 aliphatic carbocycles. The summed E-state index contributed by atoms with van der Waals surface area (Å²) < 4.78 is 11.7. The van der Waals surface area contributed by atoms with Crippen molar-refractivity contribution >= 4 is 109 Å². The van der Waals surface area contributed by atoms with E-state index in [4.69, 9.17) is 4.42 Å². The van der Waals surface area contributed by atoms with Crippen LogP contribution >= 0.6 is 0 Å². The Balaban J connectivity index is 1.22. The van der Waals surface area contributed by atoms with Crippen LogP contribution in [-0.2, 0) is 0 Å². The summed E-state index contributed by atoms with van der Waals surface area (Å²) >= 11 is 0. The molecule has 3 heterocycles. The van der Waals surface area contributed by atoms with Gasteiger partial charge in [-0.2, -0.15) is 0 Å². The van der Waals surface area contributed by atoms with Gasteiger partial charge in [0.1, 0.15) is 11.2 Å². The molecule has 3 heteroatoms. The first-order valence-corrected chi connectivity index (χ1v) is 18.9. The van der Waals surface area contributed by atoms with E-state index < -0.39 is 0 Å². The molecular weight excluding hydrogens is 669 g/mol. The maximum absolute atomic E-state index is 6.77. The second-order valence-corrected chi connectivity index (χ2v) is 14.8. The van der Waals surface area contributed by atoms with Crippen molar-refractivity contribution in [3.8, 4) is 11.4 Å². The van der Waals surface area contributed by atoms with Crippen molar-refractivity contribution in [3.05, 3.63) is 182 Å². The Kier molecular flexibility index (Phi) is 5.63. The first-order chi connectivity index (χ1) is 27.3. The van der Waals surface area contributed by atoms with Gasteiger partial charge in [0.05, 0.1) is 33.1 Å². The van der Waals surface area contributed by atoms with Crippen LogP contribution in [0.4, 0.5) is 0 Å². The number of aromatic nitrogens is 2. The lowest BCUT2D eigenvalue weighted by Crippen LogP contribution is -1.96. The highest BCUT2D eigenvalue weighted by molar-refractivity contribution is 6.31. The van der Waals surface area contributed by atoms with Crippen LogP contribution in [0.5, 0.6) is 0 Å². The lowest BCUT2D eigenvalue weighted by atomic mass is 9.94. The van der Waals surface area contributed by atoms with Crippen molar-refractivity contribution in [1.29, 1.82) is 0 Å². The van der Waals surface area contributed by atoms with E-state index in [0.29, 0.717) is 0 Å². The summed E-state index contributed by atoms with van der Waals surface area (Å²) in [6.07, 6.45) is 0. The first kappa shape index (κ1) is 29.1. The molecule has 55 heavy (non-hydrogen) atoms. The van der Waals surface area contributed by atoms with Crippen molar-refractivity contribution in [3.63, 3.8) is 0 Å². The quantitative estimate of drug-likeness (QED) is 0.165. The Bertz CT molecular complexity index is 3740. The summed E-state index contributed by atoms with van der Waals surface area (Å²) in [7, 11) is 0. The molecule has 0 aliphatic heterocycles. The van der Waals surface area contributed by atoms with Crippen LogP contribution in [0.15, 0.2) is 186 Å². The molecule has 0 amide bonds. The maximum atomic E-state index is 6.77. The zero-order chi connectivity index (χ0) is 35.8. The maximum Gasteiger partial charge on any atom is 0.145 e. The molecule has 10 aromatic carbocycles. The van der Waals surface area contributed by atoms with Gasteiger partial charge in [-0.05, 0) is 92.3 Å². The van der Waals surface area contributed by atoms with E-state index >= 15 is 0 Å². The number of furan rings is 1. The monoisotopic (exact) mass is 698 g/mol. The smallest absolute Gasteiger partial charge is 0.145 e. The van der Waals surface area contributed by atoms with Crippen LogP contribution in [0.1, 0.15) is 0 Å². The van der Waals surface area contributed by atoms with E-state index in [1.54, 1.807) is 0 Å². The van der Waals surface area contributed by atoms with Gasteiger partial charge in [0.2, 0.25) is 0 Å². The van der Waals surface area contributed by atoms with Crippen LogP contribution in [0.2, 0.25) is 0 Å². The van der Waals surface area contributed by atoms with Gasteiger partial charge in [0.15, 0.2) is 0 Å². The second-order valence-electron chi connectivity index (χ2n) is 14.8. The Labute approximate surface area is 314 Å². The first-order valence-electron chi connectivity index (χ1n) is 18.9. The third-order valence-electron chi connectivity index (χ3n) is 12.1. The highest BCUT2D eigenvalue weighted by Gasteiger charge is 2.24. The molecule has 0 aliphatic rings. The number of rotatable bonds is 2. The summed E-state index contributed by atoms with van der Waals surface area (Å²) in [5, 5.41) is 17.1. The molecule has 0 radical (unpaired) electrons. The minimum absolute atomic E-state index is 0.908. The van der Waals surface area contributed by atoms with Crippen molar-refractivity contribution in [1.82, 2.24) is 9.13 Å². The lowest BCUT2D eigenvalue weighted by molar-refractivity contribution is 0.673. The molecule has 0 unspecified atom stereocenters. The largest absolute Gasteiger partial charge is 0.455 e. The molecule has 254 valence electrons. The predicted octanol–water partition coefficient (Wildman–Crippen LogP) is 14.4. The van der Waals surface area contributed by atoms with Crippen LogP contribution in [-0.4, -0.2) is 9.13 Å². The van der Waals surface area contributed by atoms with Gasteiger partial charge < -0.3 is 13.6 Å². The highest BCUT2D eigenvalue weighted by Crippen LogP contribution is 2.46. The summed E-state index contributed by atoms with van der Waals surface area (Å²) in [5.41, 5.74) is 8.80. The van der Waals surface area contributed by atoms with Gasteiger partial charge in [-0.15, -0.1) is 0 Å². The normalized spacial score (nSPS) is 12.4. The SMILES string of the molecule is c1ccc2c(-n3c4ccc5c6ccccc6oc5c4c4ccc5c(c6ccccc6n5-c5ccc6c7ccccc7c7ccccc7c6c5)c43)cccc2c1. The fourth-order valence-corrected chi connectivity index (χ4v) is 9.79. The third kappa shape index (κ3) is 3.79. The number of hydrogen-bond donors (Lipinski definition) is 0. The number of para-hydroxylation sites is 2. The predicted molar refractivity (Wildman–Crippen MR) is 232 cm³/mol. The molecule has 3 nitrogen and oxygen atoms in total. The minimum Gasteiger partial charge on any atom is -0.455 e. The van der Waals surface area contributed by atoms with Crippen molar-refractivity contribution in [2.45, 2.75) is 0 Å². The van der Waals surface area contributed by atoms with E-state index in [1.807, 2.05) is 0 Å². The zero-order valence-corrected chi connectivity index (χ0v) is 29.6. The zero-order valence-electron chi connectivity index (χ0n) is 29.6. The van der Waals surface area contributed by atoms with Crippen molar-refractivity contribution < 1.29 is 4.42 Å². The van der Waals surface area contributed by atoms with Gasteiger partial charge in [-0.25, -0.2) is 0 Å². The van der Waals surface area contributed by atoms with Gasteiger partial charge >= 0.3 is 0 Å². The number of fused-ring (bicyclic) bond motifs is 18. The van der Waals surface area contributed by atoms with Gasteiger partial charge in [0, 0.05) is 38.0 Å². The Morgan fingerprint density at radius 3 is 1.67 bits per heavy atom. The highest BCUT2D eigenvalue weighted by atomic mass is 16.3. The van der Waals surface area contributed by atoms with E-state index in [1.165, 1.54) is 75.8 Å². The summed E-state index contributed by atoms with van der Waals surface area (Å²) in [6, 6.07) is 66.5. The molecule has 0 fully saturated rings. The average Bonchev–Trinajstić information content (AvgIpc) is 3.91. The number of benzene rings is 10. The van der Waals surface area contributed by atoms with Crippen LogP contribution in [0, 0.1) is 0 Å².